The molecular formula is C17H15F2NO5. The summed E-state index contributed by atoms with van der Waals surface area (Å²) in [7, 11) is 0. The summed E-state index contributed by atoms with van der Waals surface area (Å²) in [6.07, 6.45) is 4.04. The summed E-state index contributed by atoms with van der Waals surface area (Å²) >= 11 is 0. The van der Waals surface area contributed by atoms with Crippen LogP contribution in [0, 0.1) is 0 Å². The molecule has 2 aromatic rings. The number of esters is 1. The second-order valence-corrected chi connectivity index (χ2v) is 4.74. The predicted octanol–water partition coefficient (Wildman–Crippen LogP) is 2.75. The number of nitrogens with one attached hydrogen (secondary N) is 1. The zero-order valence-electron chi connectivity index (χ0n) is 13.0. The Morgan fingerprint density at radius 1 is 1.20 bits per heavy atom. The number of amides is 1. The number of halogens is 2. The number of hydrogen-bond acceptors (Lipinski definition) is 5. The average molecular weight is 351 g/mol. The number of ether oxygens (including phenoxy) is 2. The molecule has 0 atom stereocenters. The molecule has 1 aromatic carbocycles. The molecule has 0 saturated carbocycles. The first-order valence-corrected chi connectivity index (χ1v) is 7.22. The van der Waals surface area contributed by atoms with Crippen molar-refractivity contribution in [1.82, 2.24) is 5.32 Å². The van der Waals surface area contributed by atoms with E-state index < -0.39 is 25.1 Å². The van der Waals surface area contributed by atoms with Crippen LogP contribution in [0.5, 0.6) is 5.75 Å². The first-order valence-electron chi connectivity index (χ1n) is 7.22. The van der Waals surface area contributed by atoms with Gasteiger partial charge in [0, 0.05) is 6.08 Å². The number of furan rings is 1. The van der Waals surface area contributed by atoms with E-state index in [1.807, 2.05) is 0 Å². The van der Waals surface area contributed by atoms with Gasteiger partial charge >= 0.3 is 12.6 Å². The minimum Gasteiger partial charge on any atom is -0.467 e. The number of alkyl halides is 2. The highest BCUT2D eigenvalue weighted by Crippen LogP contribution is 2.15. The fourth-order valence-corrected chi connectivity index (χ4v) is 1.76. The minimum absolute atomic E-state index is 0.0166. The molecule has 0 saturated heterocycles. The number of carbonyl (C=O) groups is 2. The van der Waals surface area contributed by atoms with Gasteiger partial charge in [-0.2, -0.15) is 8.78 Å². The van der Waals surface area contributed by atoms with Crippen LogP contribution < -0.4 is 10.1 Å². The monoisotopic (exact) mass is 351 g/mol. The van der Waals surface area contributed by atoms with Crippen LogP contribution >= 0.6 is 0 Å². The normalized spacial score (nSPS) is 10.8. The lowest BCUT2D eigenvalue weighted by atomic mass is 10.2. The molecule has 132 valence electrons. The van der Waals surface area contributed by atoms with Crippen molar-refractivity contribution in [1.29, 1.82) is 0 Å². The lowest BCUT2D eigenvalue weighted by molar-refractivity contribution is -0.143. The summed E-state index contributed by atoms with van der Waals surface area (Å²) in [5, 5.41) is 2.53. The van der Waals surface area contributed by atoms with E-state index in [-0.39, 0.29) is 12.3 Å². The molecule has 0 spiro atoms. The SMILES string of the molecule is O=C(COC(=O)/C=C/c1ccc(OC(F)F)cc1)NCc1ccco1. The van der Waals surface area contributed by atoms with Gasteiger partial charge in [0.1, 0.15) is 11.5 Å². The molecule has 0 aliphatic rings. The Bertz CT molecular complexity index is 711. The summed E-state index contributed by atoms with van der Waals surface area (Å²) in [5.41, 5.74) is 0.584. The van der Waals surface area contributed by atoms with Crippen LogP contribution in [0.3, 0.4) is 0 Å². The summed E-state index contributed by atoms with van der Waals surface area (Å²) in [6.45, 7) is -3.12. The third-order valence-corrected chi connectivity index (χ3v) is 2.90. The molecule has 25 heavy (non-hydrogen) atoms. The molecule has 2 rings (SSSR count). The molecular weight excluding hydrogens is 336 g/mol. The van der Waals surface area contributed by atoms with E-state index in [4.69, 9.17) is 9.15 Å². The standard InChI is InChI=1S/C17H15F2NO5/c18-17(19)25-13-6-3-12(4-7-13)5-8-16(22)24-11-15(21)20-10-14-2-1-9-23-14/h1-9,17H,10-11H2,(H,20,21)/b8-5+. The van der Waals surface area contributed by atoms with Crippen molar-refractivity contribution in [2.24, 2.45) is 0 Å². The van der Waals surface area contributed by atoms with Crippen LogP contribution in [-0.2, 0) is 20.9 Å². The molecule has 0 unspecified atom stereocenters. The molecule has 0 aliphatic heterocycles. The van der Waals surface area contributed by atoms with Gasteiger partial charge in [-0.3, -0.25) is 4.79 Å². The Labute approximate surface area is 142 Å². The number of rotatable bonds is 8. The third kappa shape index (κ3) is 6.86. The lowest BCUT2D eigenvalue weighted by Gasteiger charge is -2.04. The Kier molecular flexibility index (Phi) is 6.70. The quantitative estimate of drug-likeness (QED) is 0.584. The molecule has 0 aliphatic carbocycles. The maximum absolute atomic E-state index is 12.0. The zero-order valence-corrected chi connectivity index (χ0v) is 13.0. The molecule has 1 aromatic heterocycles. The molecule has 6 nitrogen and oxygen atoms in total. The first-order chi connectivity index (χ1) is 12.0. The van der Waals surface area contributed by atoms with E-state index in [9.17, 15) is 18.4 Å². The first kappa shape index (κ1) is 18.2. The molecule has 0 fully saturated rings. The molecule has 1 heterocycles. The topological polar surface area (TPSA) is 77.8 Å². The number of carbonyl (C=O) groups excluding carboxylic acids is 2. The third-order valence-electron chi connectivity index (χ3n) is 2.90. The predicted molar refractivity (Wildman–Crippen MR) is 83.6 cm³/mol. The number of hydrogen-bond donors (Lipinski definition) is 1. The van der Waals surface area contributed by atoms with E-state index >= 15 is 0 Å². The van der Waals surface area contributed by atoms with Crippen molar-refractivity contribution in [3.05, 3.63) is 60.1 Å². The van der Waals surface area contributed by atoms with E-state index in [1.54, 1.807) is 12.1 Å². The van der Waals surface area contributed by atoms with Crippen LogP contribution in [0.2, 0.25) is 0 Å². The fourth-order valence-electron chi connectivity index (χ4n) is 1.76. The number of benzene rings is 1. The van der Waals surface area contributed by atoms with Crippen LogP contribution in [-0.4, -0.2) is 25.1 Å². The van der Waals surface area contributed by atoms with Gasteiger partial charge in [0.25, 0.3) is 5.91 Å². The van der Waals surface area contributed by atoms with Gasteiger partial charge in [-0.15, -0.1) is 0 Å². The van der Waals surface area contributed by atoms with Gasteiger partial charge < -0.3 is 19.2 Å². The van der Waals surface area contributed by atoms with Crippen LogP contribution in [0.1, 0.15) is 11.3 Å². The van der Waals surface area contributed by atoms with Crippen molar-refractivity contribution in [3.63, 3.8) is 0 Å². The van der Waals surface area contributed by atoms with Crippen molar-refractivity contribution in [3.8, 4) is 5.75 Å². The van der Waals surface area contributed by atoms with Crippen molar-refractivity contribution in [2.45, 2.75) is 13.2 Å². The highest BCUT2D eigenvalue weighted by atomic mass is 19.3. The minimum atomic E-state index is -2.89. The summed E-state index contributed by atoms with van der Waals surface area (Å²) < 4.78 is 38.1. The van der Waals surface area contributed by atoms with Gasteiger partial charge in [-0.1, -0.05) is 12.1 Å². The maximum Gasteiger partial charge on any atom is 0.387 e. The molecule has 1 N–H and O–H groups in total. The van der Waals surface area contributed by atoms with E-state index in [2.05, 4.69) is 10.1 Å². The molecule has 0 radical (unpaired) electrons. The second kappa shape index (κ2) is 9.21. The van der Waals surface area contributed by atoms with Crippen molar-refractivity contribution < 1.29 is 32.3 Å². The van der Waals surface area contributed by atoms with Crippen molar-refractivity contribution >= 4 is 18.0 Å². The van der Waals surface area contributed by atoms with Gasteiger partial charge in [-0.05, 0) is 35.9 Å². The van der Waals surface area contributed by atoms with Crippen LogP contribution in [0.4, 0.5) is 8.78 Å². The van der Waals surface area contributed by atoms with Gasteiger partial charge in [0.15, 0.2) is 6.61 Å². The lowest BCUT2D eigenvalue weighted by Crippen LogP contribution is -2.27. The van der Waals surface area contributed by atoms with Gasteiger partial charge in [-0.25, -0.2) is 4.79 Å². The molecule has 1 amide bonds. The highest BCUT2D eigenvalue weighted by Gasteiger charge is 2.06. The zero-order chi connectivity index (χ0) is 18.1. The van der Waals surface area contributed by atoms with E-state index in [0.29, 0.717) is 11.3 Å². The molecule has 8 heteroatoms. The maximum atomic E-state index is 12.0. The smallest absolute Gasteiger partial charge is 0.387 e. The Balaban J connectivity index is 1.71. The molecule has 0 bridgehead atoms. The summed E-state index contributed by atoms with van der Waals surface area (Å²) in [5.74, 6) is -0.575. The summed E-state index contributed by atoms with van der Waals surface area (Å²) in [4.78, 5) is 23.0. The fraction of sp³-hybridized carbons (Fsp3) is 0.176. The Morgan fingerprint density at radius 3 is 2.60 bits per heavy atom. The van der Waals surface area contributed by atoms with Crippen LogP contribution in [0.25, 0.3) is 6.08 Å². The van der Waals surface area contributed by atoms with Gasteiger partial charge in [0.2, 0.25) is 0 Å². The largest absolute Gasteiger partial charge is 0.467 e. The highest BCUT2D eigenvalue weighted by molar-refractivity contribution is 5.89. The second-order valence-electron chi connectivity index (χ2n) is 4.74. The van der Waals surface area contributed by atoms with Gasteiger partial charge in [0.05, 0.1) is 12.8 Å². The van der Waals surface area contributed by atoms with E-state index in [0.717, 1.165) is 6.08 Å². The van der Waals surface area contributed by atoms with Crippen LogP contribution in [0.15, 0.2) is 53.2 Å². The Morgan fingerprint density at radius 2 is 1.96 bits per heavy atom. The van der Waals surface area contributed by atoms with Crippen molar-refractivity contribution in [2.75, 3.05) is 6.61 Å². The van der Waals surface area contributed by atoms with E-state index in [1.165, 1.54) is 36.6 Å². The Hall–Kier alpha value is -3.16. The average Bonchev–Trinajstić information content (AvgIpc) is 3.10. The summed E-state index contributed by atoms with van der Waals surface area (Å²) in [6, 6.07) is 9.08.